The van der Waals surface area contributed by atoms with E-state index in [9.17, 15) is 19.2 Å². The molecule has 162 valence electrons. The molecule has 31 heavy (non-hydrogen) atoms. The lowest BCUT2D eigenvalue weighted by Gasteiger charge is -2.28. The van der Waals surface area contributed by atoms with Gasteiger partial charge in [0.25, 0.3) is 0 Å². The van der Waals surface area contributed by atoms with Crippen LogP contribution in [0, 0.1) is 17.8 Å². The van der Waals surface area contributed by atoms with E-state index in [0.29, 0.717) is 42.9 Å². The summed E-state index contributed by atoms with van der Waals surface area (Å²) in [6, 6.07) is 4.74. The minimum absolute atomic E-state index is 0.203. The van der Waals surface area contributed by atoms with Gasteiger partial charge in [-0.05, 0) is 43.4 Å². The predicted octanol–water partition coefficient (Wildman–Crippen LogP) is 1.45. The second-order valence-corrected chi connectivity index (χ2v) is 8.10. The van der Waals surface area contributed by atoms with Crippen molar-refractivity contribution in [3.05, 3.63) is 34.2 Å². The van der Waals surface area contributed by atoms with Gasteiger partial charge in [-0.15, -0.1) is 0 Å². The van der Waals surface area contributed by atoms with Gasteiger partial charge in [0.1, 0.15) is 6.04 Å². The molecule has 1 aromatic heterocycles. The third-order valence-corrected chi connectivity index (χ3v) is 6.12. The van der Waals surface area contributed by atoms with Gasteiger partial charge in [-0.25, -0.2) is 9.59 Å². The average molecular weight is 424 g/mol. The number of carboxylic acid groups (broad SMARTS) is 1. The molecule has 2 aromatic rings. The minimum Gasteiger partial charge on any atom is -0.465 e. The molecule has 3 amide bonds. The first-order valence-electron chi connectivity index (χ1n) is 10.4. The third kappa shape index (κ3) is 4.06. The van der Waals surface area contributed by atoms with E-state index in [4.69, 9.17) is 5.11 Å². The Morgan fingerprint density at radius 3 is 2.58 bits per heavy atom. The number of carbonyl (C=O) groups excluding carboxylic acids is 2. The van der Waals surface area contributed by atoms with Crippen molar-refractivity contribution in [3.63, 3.8) is 0 Å². The molecule has 2 aliphatic heterocycles. The number of nitrogens with zero attached hydrogens (tertiary/aromatic N) is 3. The normalized spacial score (nSPS) is 19.8. The van der Waals surface area contributed by atoms with E-state index in [1.807, 2.05) is 12.1 Å². The Morgan fingerprint density at radius 1 is 1.16 bits per heavy atom. The number of hydrogen-bond donors (Lipinski definition) is 2. The standard InChI is InChI=1S/C22H24N4O5/c1-24-18-13-15(4-2-3-14-9-11-25(12-10-14)22(30)31)5-6-16(18)26(21(24)29)17-7-8-19(27)23-20(17)28/h5-6,13-14,17H,3,7-12H2,1H3,(H,30,31)(H,23,27,28). The zero-order valence-electron chi connectivity index (χ0n) is 17.3. The fraction of sp³-hybridized carbons (Fsp3) is 0.455. The smallest absolute Gasteiger partial charge is 0.407 e. The van der Waals surface area contributed by atoms with E-state index in [1.54, 1.807) is 13.1 Å². The van der Waals surface area contributed by atoms with E-state index in [2.05, 4.69) is 17.2 Å². The number of likely N-dealkylation sites (tertiary alicyclic amines) is 1. The Hall–Kier alpha value is -3.54. The van der Waals surface area contributed by atoms with Gasteiger partial charge in [0, 0.05) is 38.5 Å². The molecule has 1 unspecified atom stereocenters. The van der Waals surface area contributed by atoms with Gasteiger partial charge in [0.2, 0.25) is 11.8 Å². The van der Waals surface area contributed by atoms with Gasteiger partial charge >= 0.3 is 11.8 Å². The number of fused-ring (bicyclic) bond motifs is 1. The zero-order valence-corrected chi connectivity index (χ0v) is 17.3. The summed E-state index contributed by atoms with van der Waals surface area (Å²) in [6.07, 6.45) is 1.95. The Kier molecular flexibility index (Phi) is 5.55. The minimum atomic E-state index is -0.868. The van der Waals surface area contributed by atoms with Crippen LogP contribution in [0.3, 0.4) is 0 Å². The topological polar surface area (TPSA) is 114 Å². The van der Waals surface area contributed by atoms with Crippen molar-refractivity contribution in [3.8, 4) is 11.8 Å². The molecule has 0 bridgehead atoms. The molecule has 2 N–H and O–H groups in total. The van der Waals surface area contributed by atoms with Crippen LogP contribution >= 0.6 is 0 Å². The molecular weight excluding hydrogens is 400 g/mol. The van der Waals surface area contributed by atoms with Crippen LogP contribution in [0.25, 0.3) is 11.0 Å². The lowest BCUT2D eigenvalue weighted by atomic mass is 9.94. The Labute approximate surface area is 178 Å². The molecular formula is C22H24N4O5. The van der Waals surface area contributed by atoms with Gasteiger partial charge in [0.05, 0.1) is 11.0 Å². The quantitative estimate of drug-likeness (QED) is 0.560. The van der Waals surface area contributed by atoms with Crippen molar-refractivity contribution < 1.29 is 19.5 Å². The number of imide groups is 1. The van der Waals surface area contributed by atoms with E-state index < -0.39 is 18.0 Å². The molecule has 9 nitrogen and oxygen atoms in total. The van der Waals surface area contributed by atoms with E-state index in [0.717, 1.165) is 18.4 Å². The van der Waals surface area contributed by atoms with Crippen LogP contribution in [-0.4, -0.2) is 50.1 Å². The highest BCUT2D eigenvalue weighted by molar-refractivity contribution is 6.00. The molecule has 0 aliphatic carbocycles. The summed E-state index contributed by atoms with van der Waals surface area (Å²) in [7, 11) is 1.65. The van der Waals surface area contributed by atoms with Gasteiger partial charge in [0.15, 0.2) is 0 Å². The molecule has 9 heteroatoms. The van der Waals surface area contributed by atoms with Gasteiger partial charge in [-0.3, -0.25) is 24.0 Å². The Morgan fingerprint density at radius 2 is 1.90 bits per heavy atom. The number of rotatable bonds is 2. The van der Waals surface area contributed by atoms with Crippen LogP contribution < -0.4 is 11.0 Å². The number of aryl methyl sites for hydroxylation is 1. The van der Waals surface area contributed by atoms with Crippen LogP contribution in [0.5, 0.6) is 0 Å². The zero-order chi connectivity index (χ0) is 22.1. The van der Waals surface area contributed by atoms with Crippen LogP contribution in [0.15, 0.2) is 23.0 Å². The molecule has 0 radical (unpaired) electrons. The van der Waals surface area contributed by atoms with Crippen molar-refractivity contribution >= 4 is 28.9 Å². The number of hydrogen-bond acceptors (Lipinski definition) is 4. The molecule has 0 spiro atoms. The molecule has 0 saturated carbocycles. The van der Waals surface area contributed by atoms with Gasteiger partial charge in [-0.1, -0.05) is 11.8 Å². The summed E-state index contributed by atoms with van der Waals surface area (Å²) < 4.78 is 2.94. The van der Waals surface area contributed by atoms with Crippen molar-refractivity contribution in [1.82, 2.24) is 19.4 Å². The molecule has 2 fully saturated rings. The SMILES string of the molecule is Cn1c(=O)n(C2CCC(=O)NC2=O)c2ccc(C#CCC3CCN(C(=O)O)CC3)cc21. The first-order valence-corrected chi connectivity index (χ1v) is 10.4. The lowest BCUT2D eigenvalue weighted by molar-refractivity contribution is -0.135. The predicted molar refractivity (Wildman–Crippen MR) is 112 cm³/mol. The van der Waals surface area contributed by atoms with Gasteiger partial charge < -0.3 is 10.0 Å². The first-order chi connectivity index (χ1) is 14.8. The van der Waals surface area contributed by atoms with Crippen molar-refractivity contribution in [1.29, 1.82) is 0 Å². The Bertz CT molecular complexity index is 1170. The second kappa shape index (κ2) is 8.30. The molecule has 1 aromatic carbocycles. The third-order valence-electron chi connectivity index (χ3n) is 6.12. The van der Waals surface area contributed by atoms with Crippen LogP contribution in [-0.2, 0) is 16.6 Å². The van der Waals surface area contributed by atoms with Crippen LogP contribution in [0.1, 0.15) is 43.7 Å². The molecule has 2 aliphatic rings. The number of imidazole rings is 1. The largest absolute Gasteiger partial charge is 0.465 e. The summed E-state index contributed by atoms with van der Waals surface area (Å²) in [6.45, 7) is 1.09. The van der Waals surface area contributed by atoms with Crippen molar-refractivity contribution in [2.45, 2.75) is 38.1 Å². The van der Waals surface area contributed by atoms with Crippen molar-refractivity contribution in [2.24, 2.45) is 13.0 Å². The van der Waals surface area contributed by atoms with Gasteiger partial charge in [-0.2, -0.15) is 0 Å². The second-order valence-electron chi connectivity index (χ2n) is 8.10. The lowest BCUT2D eigenvalue weighted by Crippen LogP contribution is -2.44. The van der Waals surface area contributed by atoms with Crippen molar-refractivity contribution in [2.75, 3.05) is 13.1 Å². The monoisotopic (exact) mass is 424 g/mol. The summed E-state index contributed by atoms with van der Waals surface area (Å²) in [4.78, 5) is 48.9. The van der Waals surface area contributed by atoms with E-state index >= 15 is 0 Å². The summed E-state index contributed by atoms with van der Waals surface area (Å²) in [5, 5.41) is 11.3. The number of amides is 3. The number of aromatic nitrogens is 2. The average Bonchev–Trinajstić information content (AvgIpc) is 2.99. The number of piperidine rings is 2. The highest BCUT2D eigenvalue weighted by atomic mass is 16.4. The van der Waals surface area contributed by atoms with Crippen LogP contribution in [0.4, 0.5) is 4.79 Å². The highest BCUT2D eigenvalue weighted by Crippen LogP contribution is 2.24. The van der Waals surface area contributed by atoms with E-state index in [1.165, 1.54) is 14.0 Å². The maximum absolute atomic E-state index is 12.8. The maximum atomic E-state index is 12.8. The fourth-order valence-corrected chi connectivity index (χ4v) is 4.30. The van der Waals surface area contributed by atoms with E-state index in [-0.39, 0.29) is 18.0 Å². The Balaban J connectivity index is 1.52. The molecule has 1 atom stereocenters. The summed E-state index contributed by atoms with van der Waals surface area (Å²) in [5.74, 6) is 5.93. The first kappa shape index (κ1) is 20.7. The molecule has 4 rings (SSSR count). The molecule has 3 heterocycles. The number of carbonyl (C=O) groups is 3. The highest BCUT2D eigenvalue weighted by Gasteiger charge is 2.31. The summed E-state index contributed by atoms with van der Waals surface area (Å²) >= 11 is 0. The fourth-order valence-electron chi connectivity index (χ4n) is 4.30. The summed E-state index contributed by atoms with van der Waals surface area (Å²) in [5.41, 5.74) is 1.77. The number of nitrogens with one attached hydrogen (secondary N) is 1. The van der Waals surface area contributed by atoms with Crippen LogP contribution in [0.2, 0.25) is 0 Å². The molecule has 2 saturated heterocycles. The number of benzene rings is 1. The maximum Gasteiger partial charge on any atom is 0.407 e.